The summed E-state index contributed by atoms with van der Waals surface area (Å²) in [4.78, 5) is 28.1. The van der Waals surface area contributed by atoms with E-state index in [-0.39, 0.29) is 24.6 Å². The summed E-state index contributed by atoms with van der Waals surface area (Å²) in [5.41, 5.74) is 11.8. The second-order valence-electron chi connectivity index (χ2n) is 7.28. The Labute approximate surface area is 146 Å². The molecule has 0 radical (unpaired) electrons. The van der Waals surface area contributed by atoms with Crippen LogP contribution in [-0.4, -0.2) is 30.1 Å². The van der Waals surface area contributed by atoms with Crippen molar-refractivity contribution in [2.45, 2.75) is 50.4 Å². The van der Waals surface area contributed by atoms with E-state index >= 15 is 0 Å². The van der Waals surface area contributed by atoms with E-state index in [0.29, 0.717) is 17.2 Å². The number of rotatable bonds is 9. The molecule has 2 saturated carbocycles. The third-order valence-electron chi connectivity index (χ3n) is 5.22. The van der Waals surface area contributed by atoms with Gasteiger partial charge in [-0.3, -0.25) is 14.6 Å². The molecule has 2 fully saturated rings. The first-order valence-electron chi connectivity index (χ1n) is 8.68. The van der Waals surface area contributed by atoms with Gasteiger partial charge < -0.3 is 16.2 Å². The van der Waals surface area contributed by atoms with Crippen molar-refractivity contribution in [3.63, 3.8) is 0 Å². The maximum Gasteiger partial charge on any atom is 0.267 e. The lowest BCUT2D eigenvalue weighted by molar-refractivity contribution is -0.119. The normalized spacial score (nSPS) is 19.3. The number of alkyl halides is 1. The van der Waals surface area contributed by atoms with E-state index in [1.807, 2.05) is 6.92 Å². The van der Waals surface area contributed by atoms with Gasteiger partial charge in [0.05, 0.1) is 0 Å². The molecule has 136 valence electrons. The summed E-state index contributed by atoms with van der Waals surface area (Å²) in [6, 6.07) is 0. The van der Waals surface area contributed by atoms with Crippen LogP contribution in [-0.2, 0) is 10.2 Å². The maximum absolute atomic E-state index is 12.8. The third kappa shape index (κ3) is 3.45. The Bertz CT molecular complexity index is 701. The van der Waals surface area contributed by atoms with Gasteiger partial charge in [-0.25, -0.2) is 4.39 Å². The number of nitrogens with two attached hydrogens (primary N) is 2. The SMILES string of the molecule is C[C@](CC(N)=O)(c1c(C(N)=O)ncc(C2CC2)c1OCCF)C1CC1. The lowest BCUT2D eigenvalue weighted by Crippen LogP contribution is -2.35. The predicted molar refractivity (Wildman–Crippen MR) is 90.1 cm³/mol. The van der Waals surface area contributed by atoms with Gasteiger partial charge in [-0.2, -0.15) is 0 Å². The zero-order chi connectivity index (χ0) is 18.2. The molecule has 4 N–H and O–H groups in total. The van der Waals surface area contributed by atoms with Crippen LogP contribution in [0.3, 0.4) is 0 Å². The van der Waals surface area contributed by atoms with Gasteiger partial charge in [0, 0.05) is 29.2 Å². The summed E-state index contributed by atoms with van der Waals surface area (Å²) in [5, 5.41) is 0. The number of amides is 2. The van der Waals surface area contributed by atoms with Crippen LogP contribution in [0, 0.1) is 5.92 Å². The summed E-state index contributed by atoms with van der Waals surface area (Å²) < 4.78 is 18.5. The topological polar surface area (TPSA) is 108 Å². The van der Waals surface area contributed by atoms with E-state index in [9.17, 15) is 14.0 Å². The number of carbonyl (C=O) groups excluding carboxylic acids is 2. The van der Waals surface area contributed by atoms with Crippen LogP contribution in [0.5, 0.6) is 5.75 Å². The van der Waals surface area contributed by atoms with E-state index in [1.54, 1.807) is 6.20 Å². The number of halogens is 1. The minimum Gasteiger partial charge on any atom is -0.490 e. The number of hydrogen-bond acceptors (Lipinski definition) is 4. The molecule has 2 amide bonds. The van der Waals surface area contributed by atoms with E-state index in [2.05, 4.69) is 4.98 Å². The van der Waals surface area contributed by atoms with Gasteiger partial charge >= 0.3 is 0 Å². The van der Waals surface area contributed by atoms with Crippen LogP contribution in [0.15, 0.2) is 6.20 Å². The number of aromatic nitrogens is 1. The molecule has 1 aromatic heterocycles. The Hall–Kier alpha value is -2.18. The van der Waals surface area contributed by atoms with Crippen molar-refractivity contribution in [2.75, 3.05) is 13.3 Å². The highest BCUT2D eigenvalue weighted by Gasteiger charge is 2.48. The predicted octanol–water partition coefficient (Wildman–Crippen LogP) is 1.95. The first kappa shape index (κ1) is 17.6. The van der Waals surface area contributed by atoms with Crippen molar-refractivity contribution in [2.24, 2.45) is 17.4 Å². The minimum absolute atomic E-state index is 0.0692. The fourth-order valence-corrected chi connectivity index (χ4v) is 3.73. The van der Waals surface area contributed by atoms with Crippen LogP contribution < -0.4 is 16.2 Å². The molecule has 1 heterocycles. The molecule has 0 spiro atoms. The number of ether oxygens (including phenoxy) is 1. The van der Waals surface area contributed by atoms with E-state index < -0.39 is 23.9 Å². The Morgan fingerprint density at radius 2 is 2.00 bits per heavy atom. The molecule has 0 bridgehead atoms. The molecular weight excluding hydrogens is 325 g/mol. The maximum atomic E-state index is 12.8. The number of primary amides is 2. The monoisotopic (exact) mass is 349 g/mol. The van der Waals surface area contributed by atoms with Crippen molar-refractivity contribution in [1.29, 1.82) is 0 Å². The van der Waals surface area contributed by atoms with Crippen molar-refractivity contribution in [3.05, 3.63) is 23.0 Å². The molecule has 0 unspecified atom stereocenters. The van der Waals surface area contributed by atoms with Gasteiger partial charge in [0.2, 0.25) is 5.91 Å². The lowest BCUT2D eigenvalue weighted by Gasteiger charge is -2.33. The average Bonchev–Trinajstić information content (AvgIpc) is 3.42. The Morgan fingerprint density at radius 3 is 2.48 bits per heavy atom. The first-order valence-corrected chi connectivity index (χ1v) is 8.68. The van der Waals surface area contributed by atoms with Crippen molar-refractivity contribution < 1.29 is 18.7 Å². The zero-order valence-electron chi connectivity index (χ0n) is 14.4. The molecule has 0 aromatic carbocycles. The fourth-order valence-electron chi connectivity index (χ4n) is 3.73. The highest BCUT2D eigenvalue weighted by Crippen LogP contribution is 2.55. The Morgan fingerprint density at radius 1 is 1.32 bits per heavy atom. The molecule has 3 rings (SSSR count). The van der Waals surface area contributed by atoms with Crippen molar-refractivity contribution in [3.8, 4) is 5.75 Å². The second-order valence-corrected chi connectivity index (χ2v) is 7.28. The zero-order valence-corrected chi connectivity index (χ0v) is 14.4. The lowest BCUT2D eigenvalue weighted by atomic mass is 9.73. The summed E-state index contributed by atoms with van der Waals surface area (Å²) in [7, 11) is 0. The molecule has 0 aliphatic heterocycles. The van der Waals surface area contributed by atoms with Gasteiger partial charge in [-0.15, -0.1) is 0 Å². The molecule has 2 aliphatic rings. The van der Waals surface area contributed by atoms with E-state index in [1.165, 1.54) is 0 Å². The minimum atomic E-state index is -0.695. The Kier molecular flexibility index (Phi) is 4.67. The molecular formula is C18H24FN3O3. The number of hydrogen-bond donors (Lipinski definition) is 2. The number of nitrogens with zero attached hydrogens (tertiary/aromatic N) is 1. The van der Waals surface area contributed by atoms with Crippen LogP contribution in [0.25, 0.3) is 0 Å². The van der Waals surface area contributed by atoms with E-state index in [4.69, 9.17) is 16.2 Å². The standard InChI is InChI=1S/C18H24FN3O3/c1-18(8-13(20)23,11-4-5-11)14-15(17(21)24)22-9-12(10-2-3-10)16(14)25-7-6-19/h9-11H,2-8H2,1H3,(H2,20,23)(H2,21,24)/t18-/m1/s1. The second kappa shape index (κ2) is 6.61. The van der Waals surface area contributed by atoms with Gasteiger partial charge in [-0.1, -0.05) is 6.92 Å². The molecule has 6 nitrogen and oxygen atoms in total. The Balaban J connectivity index is 2.20. The number of pyridine rings is 1. The summed E-state index contributed by atoms with van der Waals surface area (Å²) in [6.07, 6.45) is 5.53. The van der Waals surface area contributed by atoms with Crippen molar-refractivity contribution >= 4 is 11.8 Å². The quantitative estimate of drug-likeness (QED) is 0.710. The van der Waals surface area contributed by atoms with Crippen LogP contribution >= 0.6 is 0 Å². The van der Waals surface area contributed by atoms with Gasteiger partial charge in [-0.05, 0) is 37.5 Å². The molecule has 1 aromatic rings. The van der Waals surface area contributed by atoms with Crippen LogP contribution in [0.4, 0.5) is 4.39 Å². The molecule has 7 heteroatoms. The first-order chi connectivity index (χ1) is 11.9. The smallest absolute Gasteiger partial charge is 0.267 e. The number of carbonyl (C=O) groups is 2. The van der Waals surface area contributed by atoms with E-state index in [0.717, 1.165) is 31.2 Å². The molecule has 0 saturated heterocycles. The highest BCUT2D eigenvalue weighted by atomic mass is 19.1. The van der Waals surface area contributed by atoms with Gasteiger partial charge in [0.15, 0.2) is 0 Å². The molecule has 2 aliphatic carbocycles. The summed E-state index contributed by atoms with van der Waals surface area (Å²) >= 11 is 0. The largest absolute Gasteiger partial charge is 0.490 e. The molecule has 25 heavy (non-hydrogen) atoms. The van der Waals surface area contributed by atoms with Crippen molar-refractivity contribution in [1.82, 2.24) is 4.98 Å². The van der Waals surface area contributed by atoms with Crippen LogP contribution in [0.2, 0.25) is 0 Å². The fraction of sp³-hybridized carbons (Fsp3) is 0.611. The molecule has 1 atom stereocenters. The highest BCUT2D eigenvalue weighted by molar-refractivity contribution is 5.94. The van der Waals surface area contributed by atoms with Gasteiger partial charge in [0.25, 0.3) is 5.91 Å². The third-order valence-corrected chi connectivity index (χ3v) is 5.22. The average molecular weight is 349 g/mol. The van der Waals surface area contributed by atoms with Gasteiger partial charge in [0.1, 0.15) is 24.7 Å². The van der Waals surface area contributed by atoms with Crippen LogP contribution in [0.1, 0.15) is 66.6 Å². The summed E-state index contributed by atoms with van der Waals surface area (Å²) in [5.74, 6) is -0.182. The summed E-state index contributed by atoms with van der Waals surface area (Å²) in [6.45, 7) is 1.14.